The Bertz CT molecular complexity index is 566. The summed E-state index contributed by atoms with van der Waals surface area (Å²) in [4.78, 5) is 0. The average molecular weight is 257 g/mol. The second-order valence-corrected chi connectivity index (χ2v) is 4.50. The van der Waals surface area contributed by atoms with E-state index in [0.29, 0.717) is 0 Å². The Labute approximate surface area is 114 Å². The van der Waals surface area contributed by atoms with E-state index >= 15 is 0 Å². The Hall–Kier alpha value is -2.00. The van der Waals surface area contributed by atoms with Gasteiger partial charge in [0, 0.05) is 5.56 Å². The molecule has 2 rings (SSSR count). The molecule has 0 saturated carbocycles. The van der Waals surface area contributed by atoms with E-state index < -0.39 is 0 Å². The van der Waals surface area contributed by atoms with E-state index in [0.717, 1.165) is 22.6 Å². The molecule has 3 nitrogen and oxygen atoms in total. The Morgan fingerprint density at radius 2 is 1.79 bits per heavy atom. The van der Waals surface area contributed by atoms with E-state index in [9.17, 15) is 0 Å². The number of ether oxygens (including phenoxy) is 2. The predicted molar refractivity (Wildman–Crippen MR) is 76.8 cm³/mol. The van der Waals surface area contributed by atoms with Crippen LogP contribution in [0.25, 0.3) is 0 Å². The normalized spacial score (nSPS) is 12.0. The molecule has 0 saturated heterocycles. The lowest BCUT2D eigenvalue weighted by Crippen LogP contribution is -2.13. The maximum atomic E-state index is 6.35. The van der Waals surface area contributed by atoms with Crippen molar-refractivity contribution in [2.45, 2.75) is 13.0 Å². The summed E-state index contributed by atoms with van der Waals surface area (Å²) in [6.45, 7) is 2.05. The van der Waals surface area contributed by atoms with Crippen LogP contribution in [0.3, 0.4) is 0 Å². The van der Waals surface area contributed by atoms with Crippen molar-refractivity contribution in [1.29, 1.82) is 0 Å². The Morgan fingerprint density at radius 3 is 2.42 bits per heavy atom. The van der Waals surface area contributed by atoms with Crippen LogP contribution in [-0.2, 0) is 0 Å². The third kappa shape index (κ3) is 2.88. The van der Waals surface area contributed by atoms with Crippen molar-refractivity contribution >= 4 is 0 Å². The minimum Gasteiger partial charge on any atom is -0.497 e. The number of aryl methyl sites for hydroxylation is 1. The molecule has 1 atom stereocenters. The van der Waals surface area contributed by atoms with Gasteiger partial charge in [0.1, 0.15) is 11.5 Å². The first-order valence-electron chi connectivity index (χ1n) is 6.19. The highest BCUT2D eigenvalue weighted by molar-refractivity contribution is 5.46. The van der Waals surface area contributed by atoms with Gasteiger partial charge in [-0.15, -0.1) is 0 Å². The maximum absolute atomic E-state index is 6.35. The summed E-state index contributed by atoms with van der Waals surface area (Å²) in [5.41, 5.74) is 9.52. The fraction of sp³-hybridized carbons (Fsp3) is 0.250. The van der Waals surface area contributed by atoms with Gasteiger partial charge in [0.25, 0.3) is 0 Å². The molecule has 19 heavy (non-hydrogen) atoms. The van der Waals surface area contributed by atoms with Crippen LogP contribution >= 0.6 is 0 Å². The largest absolute Gasteiger partial charge is 0.497 e. The molecule has 0 radical (unpaired) electrons. The van der Waals surface area contributed by atoms with E-state index in [1.807, 2.05) is 30.3 Å². The minimum absolute atomic E-state index is 0.232. The molecule has 0 aromatic heterocycles. The van der Waals surface area contributed by atoms with Crippen molar-refractivity contribution in [3.05, 3.63) is 59.2 Å². The summed E-state index contributed by atoms with van der Waals surface area (Å²) in [6.07, 6.45) is 0. The van der Waals surface area contributed by atoms with Gasteiger partial charge in [0.15, 0.2) is 0 Å². The molecule has 0 fully saturated rings. The van der Waals surface area contributed by atoms with Crippen LogP contribution in [0.4, 0.5) is 0 Å². The summed E-state index contributed by atoms with van der Waals surface area (Å²) in [5.74, 6) is 1.55. The lowest BCUT2D eigenvalue weighted by Gasteiger charge is -2.17. The molecule has 2 N–H and O–H groups in total. The van der Waals surface area contributed by atoms with E-state index in [1.165, 1.54) is 5.56 Å². The molecule has 0 aliphatic heterocycles. The van der Waals surface area contributed by atoms with Crippen molar-refractivity contribution in [2.75, 3.05) is 14.2 Å². The van der Waals surface area contributed by atoms with Gasteiger partial charge in [-0.1, -0.05) is 29.8 Å². The lowest BCUT2D eigenvalue weighted by molar-refractivity contribution is 0.397. The summed E-state index contributed by atoms with van der Waals surface area (Å²) in [6, 6.07) is 13.6. The summed E-state index contributed by atoms with van der Waals surface area (Å²) in [5, 5.41) is 0. The zero-order valence-corrected chi connectivity index (χ0v) is 11.5. The van der Waals surface area contributed by atoms with Crippen LogP contribution in [0.5, 0.6) is 11.5 Å². The first-order valence-corrected chi connectivity index (χ1v) is 6.19. The molecule has 2 aromatic rings. The summed E-state index contributed by atoms with van der Waals surface area (Å²) < 4.78 is 10.6. The van der Waals surface area contributed by atoms with Gasteiger partial charge in [-0.2, -0.15) is 0 Å². The Morgan fingerprint density at radius 1 is 1.00 bits per heavy atom. The third-order valence-electron chi connectivity index (χ3n) is 3.17. The van der Waals surface area contributed by atoms with Gasteiger partial charge in [0.05, 0.1) is 20.3 Å². The number of methoxy groups -OCH3 is 2. The van der Waals surface area contributed by atoms with Gasteiger partial charge in [-0.25, -0.2) is 0 Å². The molecule has 2 aromatic carbocycles. The Kier molecular flexibility index (Phi) is 4.07. The van der Waals surface area contributed by atoms with Crippen molar-refractivity contribution in [2.24, 2.45) is 5.73 Å². The zero-order chi connectivity index (χ0) is 13.8. The SMILES string of the molecule is COc1ccc(OC)c(C(N)c2cccc(C)c2)c1. The van der Waals surface area contributed by atoms with Gasteiger partial charge < -0.3 is 15.2 Å². The number of hydrogen-bond donors (Lipinski definition) is 1. The second-order valence-electron chi connectivity index (χ2n) is 4.50. The van der Waals surface area contributed by atoms with E-state index in [-0.39, 0.29) is 6.04 Å². The van der Waals surface area contributed by atoms with Crippen LogP contribution in [0, 0.1) is 6.92 Å². The standard InChI is InChI=1S/C16H19NO2/c1-11-5-4-6-12(9-11)16(17)14-10-13(18-2)7-8-15(14)19-3/h4-10,16H,17H2,1-3H3. The van der Waals surface area contributed by atoms with Crippen molar-refractivity contribution in [3.63, 3.8) is 0 Å². The van der Waals surface area contributed by atoms with Crippen molar-refractivity contribution in [3.8, 4) is 11.5 Å². The lowest BCUT2D eigenvalue weighted by atomic mass is 9.97. The van der Waals surface area contributed by atoms with Crippen LogP contribution < -0.4 is 15.2 Å². The van der Waals surface area contributed by atoms with Crippen molar-refractivity contribution in [1.82, 2.24) is 0 Å². The van der Waals surface area contributed by atoms with Crippen LogP contribution in [0.2, 0.25) is 0 Å². The average Bonchev–Trinajstić information content (AvgIpc) is 2.45. The monoisotopic (exact) mass is 257 g/mol. The predicted octanol–water partition coefficient (Wildman–Crippen LogP) is 3.06. The van der Waals surface area contributed by atoms with Crippen LogP contribution in [0.1, 0.15) is 22.7 Å². The van der Waals surface area contributed by atoms with Gasteiger partial charge in [-0.05, 0) is 30.7 Å². The molecule has 0 bridgehead atoms. The van der Waals surface area contributed by atoms with Gasteiger partial charge in [-0.3, -0.25) is 0 Å². The highest BCUT2D eigenvalue weighted by Gasteiger charge is 2.15. The first-order chi connectivity index (χ1) is 9.15. The first kappa shape index (κ1) is 13.4. The molecule has 0 spiro atoms. The minimum atomic E-state index is -0.232. The number of benzene rings is 2. The molecule has 0 amide bonds. The van der Waals surface area contributed by atoms with Gasteiger partial charge in [0.2, 0.25) is 0 Å². The fourth-order valence-electron chi connectivity index (χ4n) is 2.13. The second kappa shape index (κ2) is 5.76. The molecule has 100 valence electrons. The highest BCUT2D eigenvalue weighted by atomic mass is 16.5. The number of nitrogens with two attached hydrogens (primary N) is 1. The molecular formula is C16H19NO2. The number of rotatable bonds is 4. The van der Waals surface area contributed by atoms with Crippen LogP contribution in [0.15, 0.2) is 42.5 Å². The highest BCUT2D eigenvalue weighted by Crippen LogP contribution is 2.31. The Balaban J connectivity index is 2.44. The van der Waals surface area contributed by atoms with Crippen molar-refractivity contribution < 1.29 is 9.47 Å². The van der Waals surface area contributed by atoms with Crippen LogP contribution in [-0.4, -0.2) is 14.2 Å². The molecule has 0 aliphatic carbocycles. The molecule has 1 unspecified atom stereocenters. The van der Waals surface area contributed by atoms with E-state index in [1.54, 1.807) is 14.2 Å². The van der Waals surface area contributed by atoms with Gasteiger partial charge >= 0.3 is 0 Å². The molecule has 0 aliphatic rings. The summed E-state index contributed by atoms with van der Waals surface area (Å²) in [7, 11) is 3.29. The third-order valence-corrected chi connectivity index (χ3v) is 3.17. The summed E-state index contributed by atoms with van der Waals surface area (Å²) >= 11 is 0. The number of hydrogen-bond acceptors (Lipinski definition) is 3. The van der Waals surface area contributed by atoms with E-state index in [4.69, 9.17) is 15.2 Å². The topological polar surface area (TPSA) is 44.5 Å². The molecular weight excluding hydrogens is 238 g/mol. The quantitative estimate of drug-likeness (QED) is 0.915. The smallest absolute Gasteiger partial charge is 0.124 e. The van der Waals surface area contributed by atoms with E-state index in [2.05, 4.69) is 19.1 Å². The zero-order valence-electron chi connectivity index (χ0n) is 11.5. The maximum Gasteiger partial charge on any atom is 0.124 e. The fourth-order valence-corrected chi connectivity index (χ4v) is 2.13. The molecule has 0 heterocycles. The molecule has 3 heteroatoms.